The van der Waals surface area contributed by atoms with Gasteiger partial charge in [0.25, 0.3) is 5.88 Å². The summed E-state index contributed by atoms with van der Waals surface area (Å²) in [5, 5.41) is 6.74. The third kappa shape index (κ3) is 4.31. The van der Waals surface area contributed by atoms with Crippen molar-refractivity contribution in [2.75, 3.05) is 12.4 Å². The number of hydrogen-bond donors (Lipinski definition) is 1. The van der Waals surface area contributed by atoms with Crippen LogP contribution < -0.4 is 15.7 Å². The van der Waals surface area contributed by atoms with Crippen molar-refractivity contribution in [3.05, 3.63) is 82.8 Å². The SMILES string of the molecule is COC(=O)c1ccc(NC(=O)Cn2nc3c(Oc4cccc(F)c4)nccn3c2=O)cc1. The van der Waals surface area contributed by atoms with Gasteiger partial charge in [0.1, 0.15) is 18.1 Å². The molecule has 2 aromatic carbocycles. The molecule has 0 radical (unpaired) electrons. The lowest BCUT2D eigenvalue weighted by molar-refractivity contribution is -0.117. The number of amides is 1. The second-order valence-electron chi connectivity index (χ2n) is 6.54. The van der Waals surface area contributed by atoms with Gasteiger partial charge in [-0.3, -0.25) is 4.79 Å². The molecule has 0 atom stereocenters. The molecule has 1 N–H and O–H groups in total. The predicted molar refractivity (Wildman–Crippen MR) is 110 cm³/mol. The zero-order chi connectivity index (χ0) is 22.7. The van der Waals surface area contributed by atoms with Gasteiger partial charge in [-0.25, -0.2) is 28.0 Å². The number of fused-ring (bicyclic) bond motifs is 1. The Labute approximate surface area is 179 Å². The van der Waals surface area contributed by atoms with Gasteiger partial charge in [-0.15, -0.1) is 5.10 Å². The molecule has 11 heteroatoms. The minimum atomic E-state index is -0.581. The van der Waals surface area contributed by atoms with E-state index in [1.165, 1.54) is 72.4 Å². The molecule has 0 saturated heterocycles. The number of rotatable bonds is 6. The van der Waals surface area contributed by atoms with Gasteiger partial charge in [0, 0.05) is 24.1 Å². The van der Waals surface area contributed by atoms with Gasteiger partial charge in [0.2, 0.25) is 11.6 Å². The lowest BCUT2D eigenvalue weighted by Crippen LogP contribution is -2.28. The summed E-state index contributed by atoms with van der Waals surface area (Å²) in [5.74, 6) is -1.34. The monoisotopic (exact) mass is 437 g/mol. The second kappa shape index (κ2) is 8.68. The van der Waals surface area contributed by atoms with Crippen molar-refractivity contribution in [3.63, 3.8) is 0 Å². The Balaban J connectivity index is 1.53. The summed E-state index contributed by atoms with van der Waals surface area (Å²) in [6.07, 6.45) is 2.71. The van der Waals surface area contributed by atoms with Crippen LogP contribution in [-0.2, 0) is 16.1 Å². The highest BCUT2D eigenvalue weighted by molar-refractivity contribution is 5.92. The number of nitrogens with one attached hydrogen (secondary N) is 1. The maximum Gasteiger partial charge on any atom is 0.351 e. The zero-order valence-electron chi connectivity index (χ0n) is 16.7. The predicted octanol–water partition coefficient (Wildman–Crippen LogP) is 2.25. The topological polar surface area (TPSA) is 117 Å². The maximum atomic E-state index is 13.4. The number of benzene rings is 2. The van der Waals surface area contributed by atoms with Crippen LogP contribution in [-0.4, -0.2) is 38.2 Å². The van der Waals surface area contributed by atoms with Crippen LogP contribution in [0.25, 0.3) is 5.65 Å². The first-order valence-corrected chi connectivity index (χ1v) is 9.30. The molecule has 0 aliphatic carbocycles. The summed E-state index contributed by atoms with van der Waals surface area (Å²) < 4.78 is 25.7. The highest BCUT2D eigenvalue weighted by Gasteiger charge is 2.16. The number of halogens is 1. The molecule has 0 saturated carbocycles. The van der Waals surface area contributed by atoms with E-state index in [-0.39, 0.29) is 23.8 Å². The van der Waals surface area contributed by atoms with Crippen molar-refractivity contribution in [2.24, 2.45) is 0 Å². The first-order chi connectivity index (χ1) is 15.4. The largest absolute Gasteiger partial charge is 0.465 e. The Bertz CT molecular complexity index is 1360. The summed E-state index contributed by atoms with van der Waals surface area (Å²) in [5.41, 5.74) is 0.247. The minimum Gasteiger partial charge on any atom is -0.465 e. The van der Waals surface area contributed by atoms with Crippen molar-refractivity contribution in [1.29, 1.82) is 0 Å². The standard InChI is InChI=1S/C21H16FN5O5/c1-31-20(29)13-5-7-15(8-6-13)24-17(28)12-27-21(30)26-10-9-23-19(18(26)25-27)32-16-4-2-3-14(22)11-16/h2-11H,12H2,1H3,(H,24,28). The lowest BCUT2D eigenvalue weighted by Gasteiger charge is -2.05. The minimum absolute atomic E-state index is 0.0206. The smallest absolute Gasteiger partial charge is 0.351 e. The number of anilines is 1. The Morgan fingerprint density at radius 1 is 1.16 bits per heavy atom. The first-order valence-electron chi connectivity index (χ1n) is 9.30. The molecule has 0 unspecified atom stereocenters. The van der Waals surface area contributed by atoms with Gasteiger partial charge < -0.3 is 14.8 Å². The van der Waals surface area contributed by atoms with Crippen LogP contribution in [0.2, 0.25) is 0 Å². The van der Waals surface area contributed by atoms with E-state index in [9.17, 15) is 18.8 Å². The van der Waals surface area contributed by atoms with Crippen molar-refractivity contribution < 1.29 is 23.5 Å². The molecule has 2 aromatic heterocycles. The van der Waals surface area contributed by atoms with Gasteiger partial charge in [-0.05, 0) is 36.4 Å². The van der Waals surface area contributed by atoms with Gasteiger partial charge in [0.15, 0.2) is 0 Å². The molecule has 2 heterocycles. The molecular weight excluding hydrogens is 421 g/mol. The number of nitrogens with zero attached hydrogens (tertiary/aromatic N) is 4. The van der Waals surface area contributed by atoms with Gasteiger partial charge in [-0.1, -0.05) is 6.07 Å². The van der Waals surface area contributed by atoms with Crippen LogP contribution in [0, 0.1) is 5.82 Å². The number of aromatic nitrogens is 4. The Morgan fingerprint density at radius 2 is 1.94 bits per heavy atom. The molecule has 10 nitrogen and oxygen atoms in total. The van der Waals surface area contributed by atoms with Crippen LogP contribution in [0.5, 0.6) is 11.6 Å². The molecule has 0 aliphatic rings. The van der Waals surface area contributed by atoms with E-state index in [0.717, 1.165) is 4.68 Å². The van der Waals surface area contributed by atoms with E-state index in [0.29, 0.717) is 11.3 Å². The molecule has 4 rings (SSSR count). The Hall–Kier alpha value is -4.54. The van der Waals surface area contributed by atoms with E-state index in [2.05, 4.69) is 20.1 Å². The Kier molecular flexibility index (Phi) is 5.62. The Morgan fingerprint density at radius 3 is 2.66 bits per heavy atom. The average molecular weight is 437 g/mol. The molecule has 162 valence electrons. The molecular formula is C21H16FN5O5. The second-order valence-corrected chi connectivity index (χ2v) is 6.54. The summed E-state index contributed by atoms with van der Waals surface area (Å²) in [7, 11) is 1.27. The van der Waals surface area contributed by atoms with Crippen LogP contribution in [0.4, 0.5) is 10.1 Å². The number of ether oxygens (including phenoxy) is 2. The quantitative estimate of drug-likeness (QED) is 0.460. The molecule has 32 heavy (non-hydrogen) atoms. The van der Waals surface area contributed by atoms with E-state index >= 15 is 0 Å². The highest BCUT2D eigenvalue weighted by Crippen LogP contribution is 2.22. The first kappa shape index (κ1) is 20.7. The molecule has 0 aliphatic heterocycles. The lowest BCUT2D eigenvalue weighted by atomic mass is 10.2. The van der Waals surface area contributed by atoms with Crippen molar-refractivity contribution in [2.45, 2.75) is 6.54 Å². The number of hydrogen-bond acceptors (Lipinski definition) is 7. The third-order valence-electron chi connectivity index (χ3n) is 4.36. The number of carbonyl (C=O) groups excluding carboxylic acids is 2. The van der Waals surface area contributed by atoms with Crippen molar-refractivity contribution in [3.8, 4) is 11.6 Å². The van der Waals surface area contributed by atoms with Crippen LogP contribution in [0.15, 0.2) is 65.7 Å². The van der Waals surface area contributed by atoms with Gasteiger partial charge in [-0.2, -0.15) is 0 Å². The maximum absolute atomic E-state index is 13.4. The van der Waals surface area contributed by atoms with Crippen LogP contribution >= 0.6 is 0 Å². The summed E-state index contributed by atoms with van der Waals surface area (Å²) in [6, 6.07) is 11.5. The fraction of sp³-hybridized carbons (Fsp3) is 0.0952. The third-order valence-corrected chi connectivity index (χ3v) is 4.36. The molecule has 0 bridgehead atoms. The fourth-order valence-electron chi connectivity index (χ4n) is 2.89. The zero-order valence-corrected chi connectivity index (χ0v) is 16.7. The van der Waals surface area contributed by atoms with Crippen molar-refractivity contribution in [1.82, 2.24) is 19.2 Å². The normalized spacial score (nSPS) is 10.7. The van der Waals surface area contributed by atoms with Crippen molar-refractivity contribution >= 4 is 23.2 Å². The summed E-state index contributed by atoms with van der Waals surface area (Å²) >= 11 is 0. The van der Waals surface area contributed by atoms with E-state index in [1.807, 2.05) is 0 Å². The fourth-order valence-corrected chi connectivity index (χ4v) is 2.89. The molecule has 0 spiro atoms. The summed E-state index contributed by atoms with van der Waals surface area (Å²) in [6.45, 7) is -0.376. The molecule has 0 fully saturated rings. The molecule has 1 amide bonds. The number of esters is 1. The van der Waals surface area contributed by atoms with Gasteiger partial charge in [0.05, 0.1) is 12.7 Å². The summed E-state index contributed by atoms with van der Waals surface area (Å²) in [4.78, 5) is 40.5. The van der Waals surface area contributed by atoms with E-state index in [1.54, 1.807) is 0 Å². The average Bonchev–Trinajstić information content (AvgIpc) is 3.10. The molecule has 4 aromatic rings. The number of carbonyl (C=O) groups is 2. The highest BCUT2D eigenvalue weighted by atomic mass is 19.1. The van der Waals surface area contributed by atoms with Crippen LogP contribution in [0.1, 0.15) is 10.4 Å². The number of methoxy groups -OCH3 is 1. The van der Waals surface area contributed by atoms with E-state index in [4.69, 9.17) is 4.74 Å². The van der Waals surface area contributed by atoms with Crippen LogP contribution in [0.3, 0.4) is 0 Å². The van der Waals surface area contributed by atoms with E-state index < -0.39 is 23.4 Å². The van der Waals surface area contributed by atoms with Gasteiger partial charge >= 0.3 is 11.7 Å².